The number of fused-ring (bicyclic) bond motifs is 1. The second-order valence-corrected chi connectivity index (χ2v) is 7.41. The molecule has 3 rings (SSSR count). The van der Waals surface area contributed by atoms with Gasteiger partial charge in [0.1, 0.15) is 11.5 Å². The summed E-state index contributed by atoms with van der Waals surface area (Å²) in [6, 6.07) is 0. The Hall–Kier alpha value is -1.75. The number of benzene rings is 1. The summed E-state index contributed by atoms with van der Waals surface area (Å²) in [4.78, 5) is 14.7. The molecule has 24 heavy (non-hydrogen) atoms. The summed E-state index contributed by atoms with van der Waals surface area (Å²) in [6.45, 7) is 8.60. The lowest BCUT2D eigenvalue weighted by Gasteiger charge is -2.41. The summed E-state index contributed by atoms with van der Waals surface area (Å²) in [5.74, 6) is 1.01. The number of aliphatic hydroxyl groups is 1. The number of carbonyl (C=O) groups excluding carboxylic acids is 1. The maximum atomic E-state index is 13.0. The third-order valence-corrected chi connectivity index (χ3v) is 5.66. The minimum atomic E-state index is -0.912. The maximum Gasteiger partial charge on any atom is 0.266 e. The summed E-state index contributed by atoms with van der Waals surface area (Å²) >= 11 is 0. The SMILES string of the molecule is Cc1c(C)c2c(c(C)c1O)CCC(C)(C(=O)N1CCCC(O)C1)O2. The number of amides is 1. The Kier molecular flexibility index (Phi) is 4.24. The van der Waals surface area contributed by atoms with Crippen molar-refractivity contribution in [1.82, 2.24) is 4.90 Å². The summed E-state index contributed by atoms with van der Waals surface area (Å²) in [6.07, 6.45) is 2.42. The first-order valence-electron chi connectivity index (χ1n) is 8.72. The number of carbonyl (C=O) groups is 1. The Labute approximate surface area is 143 Å². The van der Waals surface area contributed by atoms with Crippen molar-refractivity contribution in [2.24, 2.45) is 0 Å². The highest BCUT2D eigenvalue weighted by molar-refractivity contribution is 5.86. The average Bonchev–Trinajstić information content (AvgIpc) is 2.57. The zero-order valence-electron chi connectivity index (χ0n) is 15.0. The quantitative estimate of drug-likeness (QED) is 0.828. The molecule has 5 nitrogen and oxygen atoms in total. The number of rotatable bonds is 1. The van der Waals surface area contributed by atoms with E-state index in [1.165, 1.54) is 0 Å². The molecule has 1 aromatic rings. The van der Waals surface area contributed by atoms with Gasteiger partial charge in [0.05, 0.1) is 6.10 Å². The number of aliphatic hydroxyl groups excluding tert-OH is 1. The van der Waals surface area contributed by atoms with Crippen LogP contribution in [-0.2, 0) is 11.2 Å². The summed E-state index contributed by atoms with van der Waals surface area (Å²) in [5, 5.41) is 20.1. The van der Waals surface area contributed by atoms with E-state index < -0.39 is 11.7 Å². The van der Waals surface area contributed by atoms with Crippen molar-refractivity contribution < 1.29 is 19.7 Å². The van der Waals surface area contributed by atoms with Crippen molar-refractivity contribution >= 4 is 5.91 Å². The van der Waals surface area contributed by atoms with Crippen LogP contribution in [0.3, 0.4) is 0 Å². The topological polar surface area (TPSA) is 70.0 Å². The molecule has 0 radical (unpaired) electrons. The first-order chi connectivity index (χ1) is 11.2. The number of hydrogen-bond donors (Lipinski definition) is 2. The highest BCUT2D eigenvalue weighted by atomic mass is 16.5. The fourth-order valence-electron chi connectivity index (χ4n) is 3.87. The van der Waals surface area contributed by atoms with Crippen molar-refractivity contribution in [3.05, 3.63) is 22.3 Å². The lowest BCUT2D eigenvalue weighted by atomic mass is 9.86. The third kappa shape index (κ3) is 2.65. The number of likely N-dealkylation sites (tertiary alicyclic amines) is 1. The van der Waals surface area contributed by atoms with Gasteiger partial charge in [-0.1, -0.05) is 0 Å². The van der Waals surface area contributed by atoms with E-state index in [9.17, 15) is 15.0 Å². The number of phenols is 1. The van der Waals surface area contributed by atoms with Crippen molar-refractivity contribution in [2.45, 2.75) is 65.1 Å². The number of aromatic hydroxyl groups is 1. The molecule has 5 heteroatoms. The predicted octanol–water partition coefficient (Wildman–Crippen LogP) is 2.38. The smallest absolute Gasteiger partial charge is 0.266 e. The largest absolute Gasteiger partial charge is 0.507 e. The van der Waals surface area contributed by atoms with E-state index in [0.717, 1.165) is 40.8 Å². The van der Waals surface area contributed by atoms with Crippen molar-refractivity contribution in [1.29, 1.82) is 0 Å². The number of phenolic OH excluding ortho intramolecular Hbond substituents is 1. The normalized spacial score (nSPS) is 26.7. The van der Waals surface area contributed by atoms with E-state index in [1.807, 2.05) is 27.7 Å². The number of nitrogens with zero attached hydrogens (tertiary/aromatic N) is 1. The highest BCUT2D eigenvalue weighted by Crippen LogP contribution is 2.43. The molecule has 1 saturated heterocycles. The summed E-state index contributed by atoms with van der Waals surface area (Å²) in [5.41, 5.74) is 2.63. The van der Waals surface area contributed by atoms with E-state index >= 15 is 0 Å². The maximum absolute atomic E-state index is 13.0. The van der Waals surface area contributed by atoms with Crippen LogP contribution >= 0.6 is 0 Å². The average molecular weight is 333 g/mol. The van der Waals surface area contributed by atoms with Gasteiger partial charge in [0, 0.05) is 25.1 Å². The van der Waals surface area contributed by atoms with Crippen LogP contribution in [0.4, 0.5) is 0 Å². The fraction of sp³-hybridized carbons (Fsp3) is 0.632. The monoisotopic (exact) mass is 333 g/mol. The van der Waals surface area contributed by atoms with Crippen LogP contribution in [0, 0.1) is 20.8 Å². The van der Waals surface area contributed by atoms with E-state index in [4.69, 9.17) is 4.74 Å². The van der Waals surface area contributed by atoms with E-state index in [0.29, 0.717) is 31.7 Å². The molecule has 1 aromatic carbocycles. The molecular formula is C19H27NO4. The molecule has 0 bridgehead atoms. The van der Waals surface area contributed by atoms with Crippen LogP contribution < -0.4 is 4.74 Å². The minimum absolute atomic E-state index is 0.0466. The van der Waals surface area contributed by atoms with Crippen LogP contribution in [0.1, 0.15) is 48.4 Å². The lowest BCUT2D eigenvalue weighted by molar-refractivity contribution is -0.151. The van der Waals surface area contributed by atoms with Crippen LogP contribution in [0.15, 0.2) is 0 Å². The van der Waals surface area contributed by atoms with Crippen LogP contribution in [-0.4, -0.2) is 45.8 Å². The molecule has 2 atom stereocenters. The predicted molar refractivity (Wildman–Crippen MR) is 91.5 cm³/mol. The van der Waals surface area contributed by atoms with E-state index in [2.05, 4.69) is 0 Å². The molecule has 0 saturated carbocycles. The second kappa shape index (κ2) is 5.96. The molecule has 2 heterocycles. The molecule has 1 amide bonds. The van der Waals surface area contributed by atoms with Crippen LogP contribution in [0.25, 0.3) is 0 Å². The van der Waals surface area contributed by atoms with Crippen LogP contribution in [0.5, 0.6) is 11.5 Å². The van der Waals surface area contributed by atoms with Gasteiger partial charge in [0.2, 0.25) is 0 Å². The molecule has 1 fully saturated rings. The highest BCUT2D eigenvalue weighted by Gasteiger charge is 2.43. The van der Waals surface area contributed by atoms with Crippen molar-refractivity contribution in [3.8, 4) is 11.5 Å². The van der Waals surface area contributed by atoms with E-state index in [1.54, 1.807) is 4.90 Å². The molecule has 2 aliphatic rings. The van der Waals surface area contributed by atoms with Crippen LogP contribution in [0.2, 0.25) is 0 Å². The Morgan fingerprint density at radius 2 is 1.96 bits per heavy atom. The van der Waals surface area contributed by atoms with Gasteiger partial charge in [-0.05, 0) is 63.6 Å². The molecule has 0 aliphatic carbocycles. The van der Waals surface area contributed by atoms with E-state index in [-0.39, 0.29) is 5.91 Å². The fourth-order valence-corrected chi connectivity index (χ4v) is 3.87. The zero-order chi connectivity index (χ0) is 17.6. The molecule has 2 N–H and O–H groups in total. The third-order valence-electron chi connectivity index (χ3n) is 5.66. The Morgan fingerprint density at radius 3 is 2.62 bits per heavy atom. The second-order valence-electron chi connectivity index (χ2n) is 7.41. The summed E-state index contributed by atoms with van der Waals surface area (Å²) in [7, 11) is 0. The molecule has 0 spiro atoms. The van der Waals surface area contributed by atoms with Gasteiger partial charge in [-0.15, -0.1) is 0 Å². The van der Waals surface area contributed by atoms with Gasteiger partial charge in [-0.3, -0.25) is 4.79 Å². The van der Waals surface area contributed by atoms with Gasteiger partial charge >= 0.3 is 0 Å². The van der Waals surface area contributed by atoms with Gasteiger partial charge < -0.3 is 19.8 Å². The molecule has 132 valence electrons. The number of β-amino-alcohol motifs (C(OH)–C–C–N with tert-alkyl or cyclic N) is 1. The van der Waals surface area contributed by atoms with Crippen molar-refractivity contribution in [2.75, 3.05) is 13.1 Å². The molecule has 0 aromatic heterocycles. The Balaban J connectivity index is 1.92. The summed E-state index contributed by atoms with van der Waals surface area (Å²) < 4.78 is 6.23. The Bertz CT molecular complexity index is 685. The van der Waals surface area contributed by atoms with Gasteiger partial charge in [-0.25, -0.2) is 0 Å². The van der Waals surface area contributed by atoms with Crippen molar-refractivity contribution in [3.63, 3.8) is 0 Å². The van der Waals surface area contributed by atoms with Gasteiger partial charge in [0.25, 0.3) is 5.91 Å². The zero-order valence-corrected chi connectivity index (χ0v) is 15.0. The number of ether oxygens (including phenoxy) is 1. The number of piperidine rings is 1. The van der Waals surface area contributed by atoms with Gasteiger partial charge in [-0.2, -0.15) is 0 Å². The lowest BCUT2D eigenvalue weighted by Crippen LogP contribution is -2.55. The molecular weight excluding hydrogens is 306 g/mol. The first kappa shape index (κ1) is 17.1. The molecule has 2 unspecified atom stereocenters. The first-order valence-corrected chi connectivity index (χ1v) is 8.72. The standard InChI is InChI=1S/C19H27NO4/c1-11-12(2)17-15(13(3)16(11)22)7-8-19(4,24-17)18(23)20-9-5-6-14(21)10-20/h14,21-22H,5-10H2,1-4H3. The Morgan fingerprint density at radius 1 is 1.25 bits per heavy atom. The minimum Gasteiger partial charge on any atom is -0.507 e. The molecule has 2 aliphatic heterocycles. The number of hydrogen-bond acceptors (Lipinski definition) is 4. The van der Waals surface area contributed by atoms with Gasteiger partial charge in [0.15, 0.2) is 5.60 Å².